The fourth-order valence-corrected chi connectivity index (χ4v) is 3.42. The van der Waals surface area contributed by atoms with Crippen molar-refractivity contribution in [1.29, 1.82) is 0 Å². The number of rotatable bonds is 6. The van der Waals surface area contributed by atoms with E-state index in [0.717, 1.165) is 22.2 Å². The Hall–Kier alpha value is -3.93. The molecule has 0 unspecified atom stereocenters. The fourth-order valence-electron chi connectivity index (χ4n) is 3.42. The zero-order chi connectivity index (χ0) is 21.8. The molecule has 0 atom stereocenters. The summed E-state index contributed by atoms with van der Waals surface area (Å²) in [7, 11) is 0. The molecule has 6 nitrogen and oxygen atoms in total. The van der Waals surface area contributed by atoms with Gasteiger partial charge < -0.3 is 14.6 Å². The number of anilines is 1. The lowest BCUT2D eigenvalue weighted by Gasteiger charge is -2.23. The predicted molar refractivity (Wildman–Crippen MR) is 122 cm³/mol. The van der Waals surface area contributed by atoms with Crippen LogP contribution in [0.2, 0.25) is 0 Å². The van der Waals surface area contributed by atoms with Crippen LogP contribution in [0.5, 0.6) is 5.75 Å². The Morgan fingerprint density at radius 2 is 1.90 bits per heavy atom. The Balaban J connectivity index is 1.76. The predicted octanol–water partition coefficient (Wildman–Crippen LogP) is 4.48. The smallest absolute Gasteiger partial charge is 0.260 e. The van der Waals surface area contributed by atoms with E-state index < -0.39 is 0 Å². The van der Waals surface area contributed by atoms with Crippen LogP contribution < -0.4 is 15.2 Å². The van der Waals surface area contributed by atoms with Crippen LogP contribution in [0, 0.1) is 6.92 Å². The van der Waals surface area contributed by atoms with Crippen LogP contribution >= 0.6 is 0 Å². The second kappa shape index (κ2) is 8.83. The fraction of sp³-hybridized carbons (Fsp3) is 0.160. The Kier molecular flexibility index (Phi) is 5.80. The SMILES string of the molecule is CCOc1ccc2[nH]c(=O)c(CN(C(=O)c3cccnc3)c3ccc(C)cc3)cc2c1. The second-order valence-electron chi connectivity index (χ2n) is 7.27. The molecule has 1 N–H and O–H groups in total. The van der Waals surface area contributed by atoms with Crippen LogP contribution in [0.15, 0.2) is 77.9 Å². The number of aryl methyl sites for hydroxylation is 1. The molecule has 31 heavy (non-hydrogen) atoms. The van der Waals surface area contributed by atoms with Crippen molar-refractivity contribution in [2.75, 3.05) is 11.5 Å². The van der Waals surface area contributed by atoms with Gasteiger partial charge in [0.1, 0.15) is 5.75 Å². The first-order valence-corrected chi connectivity index (χ1v) is 10.1. The minimum atomic E-state index is -0.229. The quantitative estimate of drug-likeness (QED) is 0.506. The highest BCUT2D eigenvalue weighted by Crippen LogP contribution is 2.23. The molecule has 0 fully saturated rings. The molecule has 2 aromatic heterocycles. The monoisotopic (exact) mass is 413 g/mol. The van der Waals surface area contributed by atoms with Crippen LogP contribution in [-0.4, -0.2) is 22.5 Å². The molecule has 4 aromatic rings. The second-order valence-corrected chi connectivity index (χ2v) is 7.27. The van der Waals surface area contributed by atoms with Gasteiger partial charge in [-0.15, -0.1) is 0 Å². The number of nitrogens with zero attached hydrogens (tertiary/aromatic N) is 2. The van der Waals surface area contributed by atoms with Crippen LogP contribution in [0.4, 0.5) is 5.69 Å². The molecular weight excluding hydrogens is 390 g/mol. The molecule has 2 heterocycles. The van der Waals surface area contributed by atoms with Crippen LogP contribution in [0.3, 0.4) is 0 Å². The van der Waals surface area contributed by atoms with Crippen LogP contribution in [0.25, 0.3) is 10.9 Å². The molecule has 0 saturated carbocycles. The van der Waals surface area contributed by atoms with E-state index in [-0.39, 0.29) is 18.0 Å². The van der Waals surface area contributed by atoms with E-state index in [9.17, 15) is 9.59 Å². The van der Waals surface area contributed by atoms with Crippen molar-refractivity contribution in [3.63, 3.8) is 0 Å². The number of ether oxygens (including phenoxy) is 1. The minimum absolute atomic E-state index is 0.126. The van der Waals surface area contributed by atoms with E-state index in [1.165, 1.54) is 6.20 Å². The summed E-state index contributed by atoms with van der Waals surface area (Å²) in [6, 6.07) is 18.4. The van der Waals surface area contributed by atoms with E-state index in [0.29, 0.717) is 23.4 Å². The minimum Gasteiger partial charge on any atom is -0.494 e. The normalized spacial score (nSPS) is 10.8. The van der Waals surface area contributed by atoms with E-state index in [4.69, 9.17) is 4.74 Å². The van der Waals surface area contributed by atoms with Gasteiger partial charge in [0, 0.05) is 34.5 Å². The van der Waals surface area contributed by atoms with E-state index in [1.54, 1.807) is 23.2 Å². The highest BCUT2D eigenvalue weighted by Gasteiger charge is 2.20. The van der Waals surface area contributed by atoms with Gasteiger partial charge in [0.25, 0.3) is 11.5 Å². The molecule has 156 valence electrons. The maximum Gasteiger partial charge on any atom is 0.260 e. The maximum absolute atomic E-state index is 13.3. The van der Waals surface area contributed by atoms with Gasteiger partial charge in [-0.25, -0.2) is 0 Å². The molecule has 2 aromatic carbocycles. The lowest BCUT2D eigenvalue weighted by atomic mass is 10.1. The van der Waals surface area contributed by atoms with Crippen molar-refractivity contribution < 1.29 is 9.53 Å². The molecule has 1 amide bonds. The molecule has 0 saturated heterocycles. The van der Waals surface area contributed by atoms with Gasteiger partial charge in [0.2, 0.25) is 0 Å². The van der Waals surface area contributed by atoms with Gasteiger partial charge >= 0.3 is 0 Å². The van der Waals surface area contributed by atoms with Crippen molar-refractivity contribution in [3.05, 3.63) is 100 Å². The van der Waals surface area contributed by atoms with Gasteiger partial charge in [-0.3, -0.25) is 14.6 Å². The topological polar surface area (TPSA) is 75.3 Å². The van der Waals surface area contributed by atoms with Crippen LogP contribution in [0.1, 0.15) is 28.4 Å². The molecule has 6 heteroatoms. The average molecular weight is 413 g/mol. The standard InChI is InChI=1S/C25H23N3O3/c1-3-31-22-10-11-23-19(14-22)13-20(24(29)27-23)16-28(21-8-6-17(2)7-9-21)25(30)18-5-4-12-26-15-18/h4-15H,3,16H2,1-2H3,(H,27,29). The Labute approximate surface area is 180 Å². The maximum atomic E-state index is 13.3. The van der Waals surface area contributed by atoms with Crippen molar-refractivity contribution in [1.82, 2.24) is 9.97 Å². The lowest BCUT2D eigenvalue weighted by molar-refractivity contribution is 0.0984. The molecule has 4 rings (SSSR count). The Morgan fingerprint density at radius 1 is 1.10 bits per heavy atom. The number of aromatic amines is 1. The molecular formula is C25H23N3O3. The first-order chi connectivity index (χ1) is 15.0. The largest absolute Gasteiger partial charge is 0.494 e. The van der Waals surface area contributed by atoms with Crippen molar-refractivity contribution in [2.45, 2.75) is 20.4 Å². The number of carbonyl (C=O) groups is 1. The molecule has 0 spiro atoms. The summed E-state index contributed by atoms with van der Waals surface area (Å²) in [5.41, 5.74) is 3.23. The number of pyridine rings is 2. The zero-order valence-electron chi connectivity index (χ0n) is 17.5. The van der Waals surface area contributed by atoms with Gasteiger partial charge in [-0.05, 0) is 62.4 Å². The summed E-state index contributed by atoms with van der Waals surface area (Å²) in [6.45, 7) is 4.59. The summed E-state index contributed by atoms with van der Waals surface area (Å²) in [5, 5.41) is 0.846. The zero-order valence-corrected chi connectivity index (χ0v) is 17.5. The average Bonchev–Trinajstić information content (AvgIpc) is 2.79. The van der Waals surface area contributed by atoms with Crippen LogP contribution in [-0.2, 0) is 6.54 Å². The molecule has 0 aliphatic carbocycles. The summed E-state index contributed by atoms with van der Waals surface area (Å²) >= 11 is 0. The highest BCUT2D eigenvalue weighted by molar-refractivity contribution is 6.05. The number of hydrogen-bond acceptors (Lipinski definition) is 4. The number of hydrogen-bond donors (Lipinski definition) is 1. The Bertz CT molecular complexity index is 1260. The summed E-state index contributed by atoms with van der Waals surface area (Å²) in [4.78, 5) is 34.7. The third kappa shape index (κ3) is 4.48. The first-order valence-electron chi connectivity index (χ1n) is 10.1. The Morgan fingerprint density at radius 3 is 2.61 bits per heavy atom. The number of amides is 1. The third-order valence-electron chi connectivity index (χ3n) is 5.03. The van der Waals surface area contributed by atoms with E-state index in [1.807, 2.05) is 62.4 Å². The van der Waals surface area contributed by atoms with Gasteiger partial charge in [0.15, 0.2) is 0 Å². The van der Waals surface area contributed by atoms with Crippen molar-refractivity contribution in [2.24, 2.45) is 0 Å². The molecule has 0 radical (unpaired) electrons. The molecule has 0 aliphatic heterocycles. The first kappa shape index (κ1) is 20.3. The number of aromatic nitrogens is 2. The molecule has 0 aliphatic rings. The number of carbonyl (C=O) groups excluding carboxylic acids is 1. The number of fused-ring (bicyclic) bond motifs is 1. The number of nitrogens with one attached hydrogen (secondary N) is 1. The summed E-state index contributed by atoms with van der Waals surface area (Å²) in [6.07, 6.45) is 3.15. The number of benzene rings is 2. The lowest BCUT2D eigenvalue weighted by Crippen LogP contribution is -2.33. The summed E-state index contributed by atoms with van der Waals surface area (Å²) in [5.74, 6) is 0.509. The third-order valence-corrected chi connectivity index (χ3v) is 5.03. The van der Waals surface area contributed by atoms with Crippen molar-refractivity contribution in [3.8, 4) is 5.75 Å². The van der Waals surface area contributed by atoms with Gasteiger partial charge in [-0.1, -0.05) is 17.7 Å². The molecule has 0 bridgehead atoms. The van der Waals surface area contributed by atoms with Gasteiger partial charge in [0.05, 0.1) is 18.7 Å². The van der Waals surface area contributed by atoms with Gasteiger partial charge in [-0.2, -0.15) is 0 Å². The van der Waals surface area contributed by atoms with Crippen molar-refractivity contribution >= 4 is 22.5 Å². The summed E-state index contributed by atoms with van der Waals surface area (Å²) < 4.78 is 5.58. The number of H-pyrrole nitrogens is 1. The highest BCUT2D eigenvalue weighted by atomic mass is 16.5. The van der Waals surface area contributed by atoms with E-state index >= 15 is 0 Å². The van der Waals surface area contributed by atoms with E-state index in [2.05, 4.69) is 9.97 Å².